The zero-order valence-corrected chi connectivity index (χ0v) is 16.2. The molecule has 116 valence electrons. The quantitative estimate of drug-likeness (QED) is 0.417. The van der Waals surface area contributed by atoms with Crippen molar-refractivity contribution in [3.63, 3.8) is 0 Å². The lowest BCUT2D eigenvalue weighted by atomic mass is 10.1. The lowest BCUT2D eigenvalue weighted by molar-refractivity contribution is 0.393. The monoisotopic (exact) mass is 294 g/mol. The second kappa shape index (κ2) is 10.5. The molecule has 0 bridgehead atoms. The molecule has 2 unspecified atom stereocenters. The Hall–Kier alpha value is -0.258. The number of nitrogens with zero attached hydrogens (tertiary/aromatic N) is 2. The summed E-state index contributed by atoms with van der Waals surface area (Å²) in [7, 11) is 0. The average molecular weight is 294 g/mol. The van der Waals surface area contributed by atoms with Crippen LogP contribution in [0.5, 0.6) is 0 Å². The molecule has 0 aliphatic carbocycles. The summed E-state index contributed by atoms with van der Waals surface area (Å²) in [5.41, 5.74) is 2.75. The Kier molecular flexibility index (Phi) is 10.3. The minimum atomic E-state index is -0.839. The third-order valence-electron chi connectivity index (χ3n) is 3.99. The second-order valence-corrected chi connectivity index (χ2v) is 8.72. The molecule has 0 aromatic rings. The molecule has 0 saturated carbocycles. The van der Waals surface area contributed by atoms with E-state index in [1.54, 1.807) is 0 Å². The van der Waals surface area contributed by atoms with Crippen molar-refractivity contribution in [3.8, 4) is 0 Å². The number of rotatable bonds is 9. The molecule has 0 N–H and O–H groups in total. The van der Waals surface area contributed by atoms with Gasteiger partial charge in [-0.25, -0.2) is 0 Å². The van der Waals surface area contributed by atoms with Crippen LogP contribution in [0.2, 0.25) is 11.6 Å². The van der Waals surface area contributed by atoms with Crippen LogP contribution in [-0.4, -0.2) is 36.0 Å². The van der Waals surface area contributed by atoms with Crippen molar-refractivity contribution in [2.24, 2.45) is 4.99 Å². The van der Waals surface area contributed by atoms with Crippen molar-refractivity contribution >= 4 is 20.1 Å². The predicted octanol–water partition coefficient (Wildman–Crippen LogP) is 5.28. The zero-order valence-electron chi connectivity index (χ0n) is 15.0. The maximum atomic E-state index is 4.86. The van der Waals surface area contributed by atoms with Gasteiger partial charge in [-0.05, 0) is 51.3 Å². The highest BCUT2D eigenvalue weighted by molar-refractivity contribution is 6.53. The van der Waals surface area contributed by atoms with E-state index < -0.39 is 14.4 Å². The van der Waals surface area contributed by atoms with Crippen LogP contribution in [0.25, 0.3) is 0 Å². The lowest BCUT2D eigenvalue weighted by Crippen LogP contribution is -2.40. The maximum Gasteiger partial charge on any atom is 0.407 e. The van der Waals surface area contributed by atoms with Gasteiger partial charge in [-0.15, -0.1) is 0 Å². The van der Waals surface area contributed by atoms with Crippen LogP contribution >= 0.6 is 0 Å². The van der Waals surface area contributed by atoms with Crippen molar-refractivity contribution in [1.29, 1.82) is 0 Å². The van der Waals surface area contributed by atoms with Crippen molar-refractivity contribution in [1.82, 2.24) is 3.88 Å². The number of aliphatic imine (C=N–C) groups is 1. The highest BCUT2D eigenvalue weighted by Crippen LogP contribution is 2.18. The molecule has 0 aliphatic heterocycles. The van der Waals surface area contributed by atoms with E-state index in [2.05, 4.69) is 63.1 Å². The first-order valence-corrected chi connectivity index (χ1v) is 11.3. The van der Waals surface area contributed by atoms with Crippen LogP contribution in [0.1, 0.15) is 67.2 Å². The van der Waals surface area contributed by atoms with E-state index in [9.17, 15) is 0 Å². The SMILES string of the molecule is CCC(/C=C(/CC)[N](C(C)CC)[Al]([CH3])[CH3])=NC(C)CC. The fraction of sp³-hybridized carbons (Fsp3) is 0.824. The Morgan fingerprint density at radius 1 is 1.05 bits per heavy atom. The summed E-state index contributed by atoms with van der Waals surface area (Å²) < 4.78 is 2.70. The van der Waals surface area contributed by atoms with Gasteiger partial charge in [0.15, 0.2) is 0 Å². The molecular weight excluding hydrogens is 259 g/mol. The molecule has 20 heavy (non-hydrogen) atoms. The molecule has 0 heterocycles. The minimum absolute atomic E-state index is 0.438. The summed E-state index contributed by atoms with van der Waals surface area (Å²) in [5.74, 6) is 4.85. The molecule has 0 aromatic heterocycles. The molecule has 0 fully saturated rings. The number of hydrogen-bond acceptors (Lipinski definition) is 2. The van der Waals surface area contributed by atoms with Gasteiger partial charge in [0.05, 0.1) is 0 Å². The van der Waals surface area contributed by atoms with Gasteiger partial charge in [-0.1, -0.05) is 39.3 Å². The van der Waals surface area contributed by atoms with Crippen molar-refractivity contribution in [2.45, 2.75) is 90.9 Å². The Balaban J connectivity index is 5.37. The van der Waals surface area contributed by atoms with E-state index in [0.29, 0.717) is 12.1 Å². The fourth-order valence-electron chi connectivity index (χ4n) is 2.48. The fourth-order valence-corrected chi connectivity index (χ4v) is 4.63. The maximum absolute atomic E-state index is 4.86. The van der Waals surface area contributed by atoms with Gasteiger partial charge in [-0.3, -0.25) is 4.99 Å². The molecule has 2 atom stereocenters. The van der Waals surface area contributed by atoms with Crippen LogP contribution in [-0.2, 0) is 0 Å². The molecule has 3 heteroatoms. The summed E-state index contributed by atoms with van der Waals surface area (Å²) in [4.78, 5) is 4.86. The molecule has 0 aliphatic rings. The van der Waals surface area contributed by atoms with E-state index >= 15 is 0 Å². The van der Waals surface area contributed by atoms with E-state index in [1.807, 2.05) is 0 Å². The molecule has 0 radical (unpaired) electrons. The van der Waals surface area contributed by atoms with Crippen LogP contribution in [0, 0.1) is 0 Å². The van der Waals surface area contributed by atoms with Crippen molar-refractivity contribution < 1.29 is 0 Å². The topological polar surface area (TPSA) is 15.6 Å². The lowest BCUT2D eigenvalue weighted by Gasteiger charge is -2.36. The molecule has 0 aromatic carbocycles. The Morgan fingerprint density at radius 3 is 2.00 bits per heavy atom. The first kappa shape index (κ1) is 19.7. The van der Waals surface area contributed by atoms with Crippen LogP contribution in [0.4, 0.5) is 0 Å². The normalized spacial score (nSPS) is 16.0. The van der Waals surface area contributed by atoms with Gasteiger partial charge < -0.3 is 3.88 Å². The highest BCUT2D eigenvalue weighted by atomic mass is 27.2. The number of allylic oxidation sites excluding steroid dienone is 2. The molecular formula is C17H35AlN2. The summed E-state index contributed by atoms with van der Waals surface area (Å²) in [5, 5.41) is 0. The number of hydrogen-bond donors (Lipinski definition) is 0. The minimum Gasteiger partial charge on any atom is -0.464 e. The molecule has 0 amide bonds. The smallest absolute Gasteiger partial charge is 0.407 e. The van der Waals surface area contributed by atoms with Gasteiger partial charge >= 0.3 is 14.4 Å². The van der Waals surface area contributed by atoms with E-state index in [-0.39, 0.29) is 0 Å². The van der Waals surface area contributed by atoms with Gasteiger partial charge in [-0.2, -0.15) is 0 Å². The largest absolute Gasteiger partial charge is 0.464 e. The third kappa shape index (κ3) is 6.46. The molecule has 0 spiro atoms. The molecule has 0 rings (SSSR count). The Morgan fingerprint density at radius 2 is 1.65 bits per heavy atom. The van der Waals surface area contributed by atoms with E-state index in [1.165, 1.54) is 17.8 Å². The summed E-state index contributed by atoms with van der Waals surface area (Å²) >= 11 is -0.839. The van der Waals surface area contributed by atoms with Crippen LogP contribution in [0.15, 0.2) is 16.8 Å². The Labute approximate surface area is 132 Å². The van der Waals surface area contributed by atoms with E-state index in [4.69, 9.17) is 4.99 Å². The third-order valence-corrected chi connectivity index (χ3v) is 5.94. The van der Waals surface area contributed by atoms with Crippen LogP contribution < -0.4 is 0 Å². The van der Waals surface area contributed by atoms with Gasteiger partial charge in [0, 0.05) is 17.8 Å². The summed E-state index contributed by atoms with van der Waals surface area (Å²) in [6.07, 6.45) is 6.83. The van der Waals surface area contributed by atoms with Crippen molar-refractivity contribution in [2.75, 3.05) is 0 Å². The van der Waals surface area contributed by atoms with E-state index in [0.717, 1.165) is 19.3 Å². The second-order valence-electron chi connectivity index (χ2n) is 5.98. The van der Waals surface area contributed by atoms with Gasteiger partial charge in [0.2, 0.25) is 0 Å². The van der Waals surface area contributed by atoms with Gasteiger partial charge in [0.25, 0.3) is 0 Å². The highest BCUT2D eigenvalue weighted by Gasteiger charge is 2.22. The Bertz CT molecular complexity index is 321. The zero-order chi connectivity index (χ0) is 15.7. The summed E-state index contributed by atoms with van der Waals surface area (Å²) in [6, 6.07) is 1.09. The van der Waals surface area contributed by atoms with Gasteiger partial charge in [0.1, 0.15) is 0 Å². The van der Waals surface area contributed by atoms with Crippen LogP contribution in [0.3, 0.4) is 0 Å². The van der Waals surface area contributed by atoms with Crippen molar-refractivity contribution in [3.05, 3.63) is 11.8 Å². The molecule has 2 nitrogen and oxygen atoms in total. The standard InChI is InChI=1S/C15H29N2.2CH3.Al/c1-7-12(5)16-14(9-3)11-15(10-4)17-13(6)8-2;;;/h11-13H,7-10H2,1-6H3;2*1H3;/q-1;;;+1/b14-11-,17-15?;;;. The average Bonchev–Trinajstić information content (AvgIpc) is 2.44. The summed E-state index contributed by atoms with van der Waals surface area (Å²) in [6.45, 7) is 13.5. The first-order valence-electron chi connectivity index (χ1n) is 8.46. The molecule has 0 saturated heterocycles. The predicted molar refractivity (Wildman–Crippen MR) is 94.9 cm³/mol. The first-order chi connectivity index (χ1) is 9.40.